The summed E-state index contributed by atoms with van der Waals surface area (Å²) >= 11 is 0. The number of fused-ring (bicyclic) bond motifs is 1. The number of hydrogen-bond donors (Lipinski definition) is 3. The number of amides is 3. The Morgan fingerprint density at radius 1 is 1.43 bits per heavy atom. The molecule has 6 heteroatoms. The molecule has 114 valence electrons. The molecule has 0 bridgehead atoms. The average molecular weight is 290 g/mol. The highest BCUT2D eigenvalue weighted by atomic mass is 16.2. The summed E-state index contributed by atoms with van der Waals surface area (Å²) in [6.45, 7) is 4.77. The minimum Gasteiger partial charge on any atom is -0.359 e. The second-order valence-corrected chi connectivity index (χ2v) is 5.17. The summed E-state index contributed by atoms with van der Waals surface area (Å²) in [5, 5.41) is 4.91. The van der Waals surface area contributed by atoms with E-state index < -0.39 is 12.1 Å². The summed E-state index contributed by atoms with van der Waals surface area (Å²) in [7, 11) is 0. The largest absolute Gasteiger partial charge is 0.359 e. The summed E-state index contributed by atoms with van der Waals surface area (Å²) in [6, 6.07) is 6.93. The van der Waals surface area contributed by atoms with Crippen LogP contribution in [-0.4, -0.2) is 31.1 Å². The predicted molar refractivity (Wildman–Crippen MR) is 82.0 cm³/mol. The van der Waals surface area contributed by atoms with E-state index in [2.05, 4.69) is 10.6 Å². The summed E-state index contributed by atoms with van der Waals surface area (Å²) in [4.78, 5) is 25.6. The van der Waals surface area contributed by atoms with E-state index in [1.54, 1.807) is 13.8 Å². The summed E-state index contributed by atoms with van der Waals surface area (Å²) < 4.78 is 0. The van der Waals surface area contributed by atoms with Crippen molar-refractivity contribution < 1.29 is 9.59 Å². The third-order valence-electron chi connectivity index (χ3n) is 3.75. The number of benzene rings is 1. The van der Waals surface area contributed by atoms with Crippen molar-refractivity contribution in [2.24, 2.45) is 5.73 Å². The van der Waals surface area contributed by atoms with Gasteiger partial charge in [-0.1, -0.05) is 18.2 Å². The average Bonchev–Trinajstić information content (AvgIpc) is 2.47. The van der Waals surface area contributed by atoms with Crippen LogP contribution < -0.4 is 21.3 Å². The number of para-hydroxylation sites is 1. The van der Waals surface area contributed by atoms with Gasteiger partial charge < -0.3 is 16.0 Å². The number of carbonyl (C=O) groups excluding carboxylic acids is 2. The zero-order valence-corrected chi connectivity index (χ0v) is 12.4. The zero-order valence-electron chi connectivity index (χ0n) is 12.4. The minimum atomic E-state index is -0.462. The minimum absolute atomic E-state index is 0.00361. The van der Waals surface area contributed by atoms with Crippen molar-refractivity contribution in [3.63, 3.8) is 0 Å². The smallest absolute Gasteiger partial charge is 0.321 e. The molecule has 1 aromatic rings. The van der Waals surface area contributed by atoms with Crippen LogP contribution in [0.2, 0.25) is 0 Å². The molecule has 0 radical (unpaired) electrons. The van der Waals surface area contributed by atoms with Gasteiger partial charge in [0, 0.05) is 24.8 Å². The van der Waals surface area contributed by atoms with Crippen LogP contribution in [0.15, 0.2) is 24.3 Å². The van der Waals surface area contributed by atoms with Gasteiger partial charge in [-0.05, 0) is 31.9 Å². The van der Waals surface area contributed by atoms with E-state index in [-0.39, 0.29) is 11.9 Å². The van der Waals surface area contributed by atoms with E-state index in [1.165, 1.54) is 0 Å². The van der Waals surface area contributed by atoms with Crippen LogP contribution in [0.4, 0.5) is 10.5 Å². The number of nitrogens with one attached hydrogen (secondary N) is 2. The fourth-order valence-electron chi connectivity index (χ4n) is 2.58. The highest BCUT2D eigenvalue weighted by molar-refractivity contribution is 5.98. The number of hydrogen-bond acceptors (Lipinski definition) is 4. The van der Waals surface area contributed by atoms with Gasteiger partial charge in [0.2, 0.25) is 5.91 Å². The van der Waals surface area contributed by atoms with Gasteiger partial charge in [0.15, 0.2) is 0 Å². The normalized spacial score (nSPS) is 18.6. The molecule has 2 rings (SSSR count). The highest BCUT2D eigenvalue weighted by Crippen LogP contribution is 2.33. The highest BCUT2D eigenvalue weighted by Gasteiger charge is 2.29. The summed E-state index contributed by atoms with van der Waals surface area (Å²) in [5.74, 6) is -0.314. The van der Waals surface area contributed by atoms with Gasteiger partial charge in [-0.2, -0.15) is 0 Å². The van der Waals surface area contributed by atoms with Crippen LogP contribution in [0.5, 0.6) is 0 Å². The van der Waals surface area contributed by atoms with Crippen LogP contribution in [0.25, 0.3) is 0 Å². The van der Waals surface area contributed by atoms with Crippen LogP contribution in [0.3, 0.4) is 0 Å². The molecule has 3 amide bonds. The lowest BCUT2D eigenvalue weighted by atomic mass is 9.96. The van der Waals surface area contributed by atoms with Gasteiger partial charge in [-0.3, -0.25) is 10.1 Å². The lowest BCUT2D eigenvalue weighted by Gasteiger charge is -2.37. The first kappa shape index (κ1) is 15.3. The van der Waals surface area contributed by atoms with E-state index in [9.17, 15) is 9.59 Å². The summed E-state index contributed by atoms with van der Waals surface area (Å²) in [5.41, 5.74) is 8.12. The molecule has 0 spiro atoms. The van der Waals surface area contributed by atoms with Crippen LogP contribution >= 0.6 is 0 Å². The topological polar surface area (TPSA) is 87.5 Å². The van der Waals surface area contributed by atoms with Crippen molar-refractivity contribution in [3.05, 3.63) is 29.8 Å². The van der Waals surface area contributed by atoms with Crippen LogP contribution in [0, 0.1) is 0 Å². The molecule has 6 nitrogen and oxygen atoms in total. The molecule has 1 aliphatic heterocycles. The quantitative estimate of drug-likeness (QED) is 0.779. The van der Waals surface area contributed by atoms with E-state index in [0.29, 0.717) is 13.1 Å². The maximum Gasteiger partial charge on any atom is 0.321 e. The first-order valence-electron chi connectivity index (χ1n) is 7.24. The van der Waals surface area contributed by atoms with Crippen molar-refractivity contribution in [1.82, 2.24) is 10.6 Å². The standard InChI is InChI=1S/C15H22N4O2/c1-3-17-15(21)18-14(20)10(2)19-9-8-12(16)11-6-4-5-7-13(11)19/h4-7,10,12H,3,8-9,16H2,1-2H3,(H2,17,18,20,21). The van der Waals surface area contributed by atoms with E-state index in [0.717, 1.165) is 17.7 Å². The lowest BCUT2D eigenvalue weighted by molar-refractivity contribution is -0.121. The number of anilines is 1. The van der Waals surface area contributed by atoms with E-state index >= 15 is 0 Å². The van der Waals surface area contributed by atoms with Crippen LogP contribution in [0.1, 0.15) is 31.9 Å². The number of nitrogens with two attached hydrogens (primary N) is 1. The van der Waals surface area contributed by atoms with Crippen molar-refractivity contribution in [1.29, 1.82) is 0 Å². The Morgan fingerprint density at radius 2 is 2.14 bits per heavy atom. The van der Waals surface area contributed by atoms with Gasteiger partial charge in [0.05, 0.1) is 0 Å². The third-order valence-corrected chi connectivity index (χ3v) is 3.75. The third kappa shape index (κ3) is 3.33. The van der Waals surface area contributed by atoms with Gasteiger partial charge >= 0.3 is 6.03 Å². The SMILES string of the molecule is CCNC(=O)NC(=O)C(C)N1CCC(N)c2ccccc21. The molecule has 21 heavy (non-hydrogen) atoms. The fraction of sp³-hybridized carbons (Fsp3) is 0.467. The molecule has 2 unspecified atom stereocenters. The Balaban J connectivity index is 2.13. The summed E-state index contributed by atoms with van der Waals surface area (Å²) in [6.07, 6.45) is 0.787. The van der Waals surface area contributed by atoms with Crippen molar-refractivity contribution in [2.45, 2.75) is 32.4 Å². The van der Waals surface area contributed by atoms with Gasteiger partial charge in [0.25, 0.3) is 0 Å². The molecule has 1 aromatic carbocycles. The van der Waals surface area contributed by atoms with E-state index in [4.69, 9.17) is 5.73 Å². The number of nitrogens with zero attached hydrogens (tertiary/aromatic N) is 1. The van der Waals surface area contributed by atoms with Gasteiger partial charge in [0.1, 0.15) is 6.04 Å². The number of carbonyl (C=O) groups is 2. The number of rotatable bonds is 3. The zero-order chi connectivity index (χ0) is 15.4. The molecule has 0 aromatic heterocycles. The molecule has 0 saturated carbocycles. The monoisotopic (exact) mass is 290 g/mol. The molecule has 4 N–H and O–H groups in total. The maximum absolute atomic E-state index is 12.2. The maximum atomic E-state index is 12.2. The molecule has 2 atom stereocenters. The Morgan fingerprint density at radius 3 is 2.86 bits per heavy atom. The van der Waals surface area contributed by atoms with Crippen molar-refractivity contribution in [2.75, 3.05) is 18.0 Å². The molecule has 0 fully saturated rings. The molecule has 1 aliphatic rings. The number of imide groups is 1. The molecular weight excluding hydrogens is 268 g/mol. The van der Waals surface area contributed by atoms with Crippen LogP contribution in [-0.2, 0) is 4.79 Å². The predicted octanol–water partition coefficient (Wildman–Crippen LogP) is 1.13. The molecular formula is C15H22N4O2. The Hall–Kier alpha value is -2.08. The Labute approximate surface area is 124 Å². The fourth-order valence-corrected chi connectivity index (χ4v) is 2.58. The second kappa shape index (κ2) is 6.58. The van der Waals surface area contributed by atoms with Gasteiger partial charge in [-0.15, -0.1) is 0 Å². The first-order chi connectivity index (χ1) is 10.0. The first-order valence-corrected chi connectivity index (χ1v) is 7.24. The number of urea groups is 1. The molecule has 0 aliphatic carbocycles. The second-order valence-electron chi connectivity index (χ2n) is 5.17. The van der Waals surface area contributed by atoms with Crippen molar-refractivity contribution >= 4 is 17.6 Å². The lowest BCUT2D eigenvalue weighted by Crippen LogP contribution is -2.51. The molecule has 1 heterocycles. The Kier molecular flexibility index (Phi) is 4.80. The Bertz CT molecular complexity index is 532. The van der Waals surface area contributed by atoms with Crippen molar-refractivity contribution in [3.8, 4) is 0 Å². The molecule has 0 saturated heterocycles. The van der Waals surface area contributed by atoms with E-state index in [1.807, 2.05) is 29.2 Å². The van der Waals surface area contributed by atoms with Gasteiger partial charge in [-0.25, -0.2) is 4.79 Å².